The van der Waals surface area contributed by atoms with Gasteiger partial charge in [-0.25, -0.2) is 4.99 Å². The van der Waals surface area contributed by atoms with E-state index >= 15 is 0 Å². The number of benzene rings is 2. The van der Waals surface area contributed by atoms with Crippen LogP contribution in [0.4, 0.5) is 11.4 Å². The topological polar surface area (TPSA) is 96.8 Å². The van der Waals surface area contributed by atoms with Crippen LogP contribution >= 0.6 is 46.4 Å². The van der Waals surface area contributed by atoms with E-state index in [1.807, 2.05) is 29.6 Å². The molecule has 1 aliphatic rings. The first-order valence-corrected chi connectivity index (χ1v) is 13.2. The van der Waals surface area contributed by atoms with Crippen LogP contribution in [0.2, 0.25) is 5.02 Å². The second kappa shape index (κ2) is 10.2. The van der Waals surface area contributed by atoms with Gasteiger partial charge in [-0.3, -0.25) is 14.5 Å². The molecular formula is C23H16ClN5O3S3. The van der Waals surface area contributed by atoms with Gasteiger partial charge in [0.1, 0.15) is 22.5 Å². The summed E-state index contributed by atoms with van der Waals surface area (Å²) in [7, 11) is 1.52. The molecule has 0 radical (unpaired) electrons. The van der Waals surface area contributed by atoms with Gasteiger partial charge < -0.3 is 10.1 Å². The zero-order valence-corrected chi connectivity index (χ0v) is 21.3. The first-order chi connectivity index (χ1) is 17.0. The van der Waals surface area contributed by atoms with E-state index in [0.717, 1.165) is 33.9 Å². The normalized spacial score (nSPS) is 14.6. The van der Waals surface area contributed by atoms with E-state index in [1.165, 1.54) is 23.3 Å². The maximum Gasteiger partial charge on any atom is 0.283 e. The summed E-state index contributed by atoms with van der Waals surface area (Å²) in [4.78, 5) is 33.0. The molecule has 3 heterocycles. The van der Waals surface area contributed by atoms with Crippen molar-refractivity contribution in [3.63, 3.8) is 0 Å². The number of ether oxygens (including phenoxy) is 1. The second-order valence-corrected chi connectivity index (χ2v) is 10.0. The largest absolute Gasteiger partial charge is 0.495 e. The molecule has 12 heteroatoms. The SMILES string of the molecule is COc1ccc(N2C(=O)/C(=C/c3cccs3)N=C2SCC(=O)Nc2cccc3nsnc23)cc1Cl. The second-order valence-electron chi connectivity index (χ2n) is 7.17. The molecule has 0 bridgehead atoms. The Hall–Kier alpha value is -3.25. The fourth-order valence-electron chi connectivity index (χ4n) is 3.35. The number of methoxy groups -OCH3 is 1. The number of hydrogen-bond acceptors (Lipinski definition) is 9. The number of halogens is 1. The highest BCUT2D eigenvalue weighted by Gasteiger charge is 2.33. The zero-order chi connectivity index (χ0) is 24.4. The molecule has 0 saturated carbocycles. The van der Waals surface area contributed by atoms with Crippen molar-refractivity contribution >= 4 is 91.9 Å². The number of aromatic nitrogens is 2. The van der Waals surface area contributed by atoms with Crippen LogP contribution in [-0.2, 0) is 9.59 Å². The molecule has 2 aromatic heterocycles. The van der Waals surface area contributed by atoms with Gasteiger partial charge in [-0.2, -0.15) is 8.75 Å². The maximum atomic E-state index is 13.3. The number of rotatable bonds is 6. The molecule has 8 nitrogen and oxygen atoms in total. The Balaban J connectivity index is 1.39. The number of aliphatic imine (C=N–C) groups is 1. The summed E-state index contributed by atoms with van der Waals surface area (Å²) >= 11 is 10.1. The van der Waals surface area contributed by atoms with E-state index in [1.54, 1.807) is 30.3 Å². The maximum absolute atomic E-state index is 13.3. The average molecular weight is 542 g/mol. The molecule has 0 atom stereocenters. The first-order valence-electron chi connectivity index (χ1n) is 10.2. The van der Waals surface area contributed by atoms with E-state index in [-0.39, 0.29) is 23.3 Å². The van der Waals surface area contributed by atoms with Gasteiger partial charge in [0, 0.05) is 4.88 Å². The number of anilines is 2. The Bertz CT molecular complexity index is 1480. The summed E-state index contributed by atoms with van der Waals surface area (Å²) in [5.74, 6) is -0.0326. The van der Waals surface area contributed by atoms with Crippen LogP contribution in [0, 0.1) is 0 Å². The molecule has 1 N–H and O–H groups in total. The predicted molar refractivity (Wildman–Crippen MR) is 144 cm³/mol. The van der Waals surface area contributed by atoms with Crippen molar-refractivity contribution in [3.05, 3.63) is 69.5 Å². The molecule has 4 aromatic rings. The first kappa shape index (κ1) is 23.5. The number of hydrogen-bond donors (Lipinski definition) is 1. The van der Waals surface area contributed by atoms with Crippen LogP contribution in [0.3, 0.4) is 0 Å². The van der Waals surface area contributed by atoms with E-state index in [0.29, 0.717) is 32.8 Å². The minimum Gasteiger partial charge on any atom is -0.495 e. The fraction of sp³-hybridized carbons (Fsp3) is 0.0870. The summed E-state index contributed by atoms with van der Waals surface area (Å²) < 4.78 is 13.7. The number of nitrogens with zero attached hydrogens (tertiary/aromatic N) is 4. The van der Waals surface area contributed by atoms with Gasteiger partial charge in [0.05, 0.1) is 41.0 Å². The highest BCUT2D eigenvalue weighted by molar-refractivity contribution is 8.14. The summed E-state index contributed by atoms with van der Waals surface area (Å²) in [5, 5.41) is 5.53. The third-order valence-corrected chi connectivity index (χ3v) is 7.53. The highest BCUT2D eigenvalue weighted by Crippen LogP contribution is 2.34. The number of thioether (sulfide) groups is 1. The van der Waals surface area contributed by atoms with Crippen molar-refractivity contribution < 1.29 is 14.3 Å². The van der Waals surface area contributed by atoms with Gasteiger partial charge in [0.2, 0.25) is 5.91 Å². The van der Waals surface area contributed by atoms with Crippen molar-refractivity contribution in [2.24, 2.45) is 4.99 Å². The Kier molecular flexibility index (Phi) is 6.82. The van der Waals surface area contributed by atoms with E-state index in [4.69, 9.17) is 16.3 Å². The van der Waals surface area contributed by atoms with Crippen molar-refractivity contribution in [1.29, 1.82) is 0 Å². The van der Waals surface area contributed by atoms with Gasteiger partial charge in [0.15, 0.2) is 5.17 Å². The summed E-state index contributed by atoms with van der Waals surface area (Å²) in [6.45, 7) is 0. The van der Waals surface area contributed by atoms with Crippen molar-refractivity contribution in [2.45, 2.75) is 0 Å². The number of amidine groups is 1. The third-order valence-electron chi connectivity index (χ3n) is 4.94. The van der Waals surface area contributed by atoms with Crippen molar-refractivity contribution in [1.82, 2.24) is 8.75 Å². The smallest absolute Gasteiger partial charge is 0.283 e. The number of thiophene rings is 1. The van der Waals surface area contributed by atoms with Gasteiger partial charge in [-0.05, 0) is 47.9 Å². The van der Waals surface area contributed by atoms with E-state index in [9.17, 15) is 9.59 Å². The predicted octanol–water partition coefficient (Wildman–Crippen LogP) is 5.53. The molecule has 0 aliphatic carbocycles. The fourth-order valence-corrected chi connectivity index (χ4v) is 5.61. The Morgan fingerprint density at radius 2 is 2.11 bits per heavy atom. The van der Waals surface area contributed by atoms with Crippen LogP contribution in [0.1, 0.15) is 4.88 Å². The Morgan fingerprint density at radius 3 is 2.89 bits per heavy atom. The molecule has 0 saturated heterocycles. The quantitative estimate of drug-likeness (QED) is 0.322. The lowest BCUT2D eigenvalue weighted by atomic mass is 10.2. The van der Waals surface area contributed by atoms with Crippen LogP contribution < -0.4 is 15.0 Å². The summed E-state index contributed by atoms with van der Waals surface area (Å²) in [6, 6.07) is 14.3. The molecule has 176 valence electrons. The molecule has 1 aliphatic heterocycles. The lowest BCUT2D eigenvalue weighted by Gasteiger charge is -2.18. The summed E-state index contributed by atoms with van der Waals surface area (Å²) in [5.41, 5.74) is 2.75. The van der Waals surface area contributed by atoms with Gasteiger partial charge in [-0.1, -0.05) is 35.5 Å². The molecule has 0 unspecified atom stereocenters. The summed E-state index contributed by atoms with van der Waals surface area (Å²) in [6.07, 6.45) is 1.73. The van der Waals surface area contributed by atoms with Gasteiger partial charge >= 0.3 is 0 Å². The number of fused-ring (bicyclic) bond motifs is 1. The Labute approximate surface area is 217 Å². The molecule has 0 spiro atoms. The standard InChI is InChI=1S/C23H16ClN5O3S3/c1-32-19-8-7-13(10-15(19)24)29-22(31)18(11-14-4-3-9-33-14)26-23(29)34-12-20(30)25-16-5-2-6-17-21(16)28-35-27-17/h2-11H,12H2,1H3,(H,25,30)/b18-11-. The van der Waals surface area contributed by atoms with Crippen molar-refractivity contribution in [2.75, 3.05) is 23.1 Å². The van der Waals surface area contributed by atoms with Crippen LogP contribution in [0.25, 0.3) is 17.1 Å². The molecule has 2 amide bonds. The van der Waals surface area contributed by atoms with Crippen molar-refractivity contribution in [3.8, 4) is 5.75 Å². The van der Waals surface area contributed by atoms with Crippen LogP contribution in [-0.4, -0.2) is 38.6 Å². The Morgan fingerprint density at radius 1 is 1.23 bits per heavy atom. The van der Waals surface area contributed by atoms with E-state index < -0.39 is 0 Å². The molecule has 5 rings (SSSR count). The number of carbonyl (C=O) groups is 2. The van der Waals surface area contributed by atoms with E-state index in [2.05, 4.69) is 19.1 Å². The number of nitrogens with one attached hydrogen (secondary N) is 1. The highest BCUT2D eigenvalue weighted by atomic mass is 35.5. The zero-order valence-electron chi connectivity index (χ0n) is 18.1. The third kappa shape index (κ3) is 4.94. The lowest BCUT2D eigenvalue weighted by Crippen LogP contribution is -2.31. The van der Waals surface area contributed by atoms with Crippen LogP contribution in [0.15, 0.2) is 64.6 Å². The molecule has 0 fully saturated rings. The average Bonchev–Trinajstić information content (AvgIpc) is 3.60. The molecular weight excluding hydrogens is 526 g/mol. The number of carbonyl (C=O) groups excluding carboxylic acids is 2. The van der Waals surface area contributed by atoms with Gasteiger partial charge in [-0.15, -0.1) is 11.3 Å². The lowest BCUT2D eigenvalue weighted by molar-refractivity contribution is -0.114. The number of amides is 2. The van der Waals surface area contributed by atoms with Crippen LogP contribution in [0.5, 0.6) is 5.75 Å². The molecule has 2 aromatic carbocycles. The molecule has 35 heavy (non-hydrogen) atoms. The minimum atomic E-state index is -0.305. The minimum absolute atomic E-state index is 0.0345. The monoisotopic (exact) mass is 541 g/mol. The van der Waals surface area contributed by atoms with Gasteiger partial charge in [0.25, 0.3) is 5.91 Å².